The molecule has 0 spiro atoms. The number of hydrogen-bond donors (Lipinski definition) is 2. The molecule has 0 fully saturated rings. The van der Waals surface area contributed by atoms with Gasteiger partial charge in [-0.15, -0.1) is 0 Å². The molecule has 186 valence electrons. The Kier molecular flexibility index (Phi) is 7.99. The van der Waals surface area contributed by atoms with Gasteiger partial charge < -0.3 is 5.32 Å². The standard InChI is InChI=1S/C25H29N3O5S2/c1-5-28(6-2)35(32,33)22-15-13-21(14-16-22)26-25(29)20-12-11-19(4)24(17-20)34(30,31)27-23-10-8-7-9-18(23)3/h7-17,27H,5-6H2,1-4H3,(H,26,29). The maximum absolute atomic E-state index is 13.0. The van der Waals surface area contributed by atoms with Crippen molar-refractivity contribution >= 4 is 37.3 Å². The fourth-order valence-electron chi connectivity index (χ4n) is 3.54. The van der Waals surface area contributed by atoms with E-state index in [1.54, 1.807) is 52.0 Å². The predicted molar refractivity (Wildman–Crippen MR) is 138 cm³/mol. The van der Waals surface area contributed by atoms with Gasteiger partial charge in [-0.1, -0.05) is 38.1 Å². The lowest BCUT2D eigenvalue weighted by atomic mass is 10.1. The predicted octanol–water partition coefficient (Wildman–Crippen LogP) is 4.39. The van der Waals surface area contributed by atoms with Crippen LogP contribution in [0.1, 0.15) is 35.3 Å². The molecule has 0 aliphatic heterocycles. The van der Waals surface area contributed by atoms with E-state index in [-0.39, 0.29) is 15.4 Å². The molecular formula is C25H29N3O5S2. The Labute approximate surface area is 207 Å². The van der Waals surface area contributed by atoms with E-state index < -0.39 is 26.0 Å². The Bertz CT molecular complexity index is 1430. The number of aryl methyl sites for hydroxylation is 2. The Balaban J connectivity index is 1.82. The van der Waals surface area contributed by atoms with Gasteiger partial charge in [-0.25, -0.2) is 16.8 Å². The molecule has 2 N–H and O–H groups in total. The zero-order valence-corrected chi connectivity index (χ0v) is 21.7. The molecule has 0 unspecified atom stereocenters. The number of sulfonamides is 2. The van der Waals surface area contributed by atoms with E-state index in [1.807, 2.05) is 6.07 Å². The molecule has 10 heteroatoms. The highest BCUT2D eigenvalue weighted by atomic mass is 32.2. The van der Waals surface area contributed by atoms with Crippen LogP contribution in [0.25, 0.3) is 0 Å². The van der Waals surface area contributed by atoms with Crippen LogP contribution >= 0.6 is 0 Å². The SMILES string of the molecule is CCN(CC)S(=O)(=O)c1ccc(NC(=O)c2ccc(C)c(S(=O)(=O)Nc3ccccc3C)c2)cc1. The summed E-state index contributed by atoms with van der Waals surface area (Å²) in [4.78, 5) is 13.0. The fraction of sp³-hybridized carbons (Fsp3) is 0.240. The first-order valence-corrected chi connectivity index (χ1v) is 14.0. The van der Waals surface area contributed by atoms with E-state index >= 15 is 0 Å². The topological polar surface area (TPSA) is 113 Å². The van der Waals surface area contributed by atoms with Gasteiger partial charge in [0.05, 0.1) is 15.5 Å². The van der Waals surface area contributed by atoms with Gasteiger partial charge in [0, 0.05) is 24.3 Å². The highest BCUT2D eigenvalue weighted by Gasteiger charge is 2.22. The van der Waals surface area contributed by atoms with Gasteiger partial charge in [0.25, 0.3) is 15.9 Å². The van der Waals surface area contributed by atoms with Crippen LogP contribution in [0.15, 0.2) is 76.5 Å². The van der Waals surface area contributed by atoms with E-state index in [0.717, 1.165) is 5.56 Å². The smallest absolute Gasteiger partial charge is 0.262 e. The Morgan fingerprint density at radius 3 is 2.06 bits per heavy atom. The third-order valence-electron chi connectivity index (χ3n) is 5.58. The number of amides is 1. The summed E-state index contributed by atoms with van der Waals surface area (Å²) in [5.41, 5.74) is 2.27. The molecule has 0 aliphatic rings. The maximum Gasteiger partial charge on any atom is 0.262 e. The quantitative estimate of drug-likeness (QED) is 0.439. The number of benzene rings is 3. The number of rotatable bonds is 9. The first kappa shape index (κ1) is 26.4. The van der Waals surface area contributed by atoms with Crippen LogP contribution in [0.2, 0.25) is 0 Å². The number of para-hydroxylation sites is 1. The van der Waals surface area contributed by atoms with Crippen LogP contribution in [-0.2, 0) is 20.0 Å². The summed E-state index contributed by atoms with van der Waals surface area (Å²) in [5, 5.41) is 2.69. The molecule has 35 heavy (non-hydrogen) atoms. The van der Waals surface area contributed by atoms with Crippen LogP contribution in [0.3, 0.4) is 0 Å². The first-order valence-electron chi connectivity index (χ1n) is 11.1. The van der Waals surface area contributed by atoms with Crippen molar-refractivity contribution in [1.82, 2.24) is 4.31 Å². The molecule has 0 saturated heterocycles. The fourth-order valence-corrected chi connectivity index (χ4v) is 6.40. The van der Waals surface area contributed by atoms with Crippen molar-refractivity contribution in [2.24, 2.45) is 0 Å². The summed E-state index contributed by atoms with van der Waals surface area (Å²) in [6.45, 7) is 7.70. The van der Waals surface area contributed by atoms with E-state index in [9.17, 15) is 21.6 Å². The molecule has 0 atom stereocenters. The van der Waals surface area contributed by atoms with E-state index in [1.165, 1.54) is 40.7 Å². The van der Waals surface area contributed by atoms with Gasteiger partial charge in [0.2, 0.25) is 10.0 Å². The van der Waals surface area contributed by atoms with E-state index in [2.05, 4.69) is 10.0 Å². The molecule has 3 aromatic rings. The van der Waals surface area contributed by atoms with Crippen molar-refractivity contribution in [2.75, 3.05) is 23.1 Å². The van der Waals surface area contributed by atoms with Crippen molar-refractivity contribution < 1.29 is 21.6 Å². The lowest BCUT2D eigenvalue weighted by molar-refractivity contribution is 0.102. The monoisotopic (exact) mass is 515 g/mol. The summed E-state index contributed by atoms with van der Waals surface area (Å²) >= 11 is 0. The van der Waals surface area contributed by atoms with Gasteiger partial charge in [0.1, 0.15) is 0 Å². The molecule has 8 nitrogen and oxygen atoms in total. The van der Waals surface area contributed by atoms with Gasteiger partial charge >= 0.3 is 0 Å². The molecule has 0 radical (unpaired) electrons. The number of carbonyl (C=O) groups excluding carboxylic acids is 1. The molecular weight excluding hydrogens is 486 g/mol. The summed E-state index contributed by atoms with van der Waals surface area (Å²) in [6, 6.07) is 17.3. The lowest BCUT2D eigenvalue weighted by Gasteiger charge is -2.18. The Hall–Kier alpha value is -3.21. The maximum atomic E-state index is 13.0. The first-order chi connectivity index (χ1) is 16.5. The van der Waals surface area contributed by atoms with Crippen molar-refractivity contribution in [3.05, 3.63) is 83.4 Å². The van der Waals surface area contributed by atoms with Gasteiger partial charge in [-0.3, -0.25) is 9.52 Å². The number of anilines is 2. The molecule has 0 saturated carbocycles. The van der Waals surface area contributed by atoms with Crippen molar-refractivity contribution in [1.29, 1.82) is 0 Å². The van der Waals surface area contributed by atoms with Gasteiger partial charge in [-0.05, 0) is 67.4 Å². The highest BCUT2D eigenvalue weighted by Crippen LogP contribution is 2.24. The van der Waals surface area contributed by atoms with Crippen LogP contribution in [0.5, 0.6) is 0 Å². The third kappa shape index (κ3) is 5.90. The average Bonchev–Trinajstić information content (AvgIpc) is 2.81. The number of nitrogens with one attached hydrogen (secondary N) is 2. The minimum absolute atomic E-state index is 0.00549. The molecule has 3 aromatic carbocycles. The molecule has 0 heterocycles. The highest BCUT2D eigenvalue weighted by molar-refractivity contribution is 7.92. The minimum atomic E-state index is -3.93. The minimum Gasteiger partial charge on any atom is -0.322 e. The molecule has 3 rings (SSSR count). The average molecular weight is 516 g/mol. The van der Waals surface area contributed by atoms with Crippen LogP contribution < -0.4 is 10.0 Å². The second-order valence-electron chi connectivity index (χ2n) is 7.97. The van der Waals surface area contributed by atoms with E-state index in [0.29, 0.717) is 30.0 Å². The zero-order chi connectivity index (χ0) is 25.8. The number of hydrogen-bond acceptors (Lipinski definition) is 5. The van der Waals surface area contributed by atoms with Crippen molar-refractivity contribution in [2.45, 2.75) is 37.5 Å². The second-order valence-corrected chi connectivity index (χ2v) is 11.6. The number of carbonyl (C=O) groups is 1. The largest absolute Gasteiger partial charge is 0.322 e. The molecule has 1 amide bonds. The summed E-state index contributed by atoms with van der Waals surface area (Å²) in [7, 11) is -7.54. The van der Waals surface area contributed by atoms with Crippen molar-refractivity contribution in [3.63, 3.8) is 0 Å². The molecule has 0 aliphatic carbocycles. The lowest BCUT2D eigenvalue weighted by Crippen LogP contribution is -2.30. The Morgan fingerprint density at radius 2 is 1.46 bits per heavy atom. The van der Waals surface area contributed by atoms with Crippen LogP contribution in [0.4, 0.5) is 11.4 Å². The molecule has 0 aromatic heterocycles. The number of nitrogens with zero attached hydrogens (tertiary/aromatic N) is 1. The molecule has 0 bridgehead atoms. The van der Waals surface area contributed by atoms with Crippen LogP contribution in [-0.4, -0.2) is 40.1 Å². The van der Waals surface area contributed by atoms with Crippen LogP contribution in [0, 0.1) is 13.8 Å². The van der Waals surface area contributed by atoms with Gasteiger partial charge in [0.15, 0.2) is 0 Å². The summed E-state index contributed by atoms with van der Waals surface area (Å²) in [5.74, 6) is -0.517. The Morgan fingerprint density at radius 1 is 0.829 bits per heavy atom. The third-order valence-corrected chi connectivity index (χ3v) is 9.16. The van der Waals surface area contributed by atoms with Gasteiger partial charge in [-0.2, -0.15) is 4.31 Å². The normalized spacial score (nSPS) is 11.9. The van der Waals surface area contributed by atoms with E-state index in [4.69, 9.17) is 0 Å². The second kappa shape index (κ2) is 10.6. The zero-order valence-electron chi connectivity index (χ0n) is 20.1. The van der Waals surface area contributed by atoms with Crippen molar-refractivity contribution in [3.8, 4) is 0 Å². The summed E-state index contributed by atoms with van der Waals surface area (Å²) < 4.78 is 55.3. The summed E-state index contributed by atoms with van der Waals surface area (Å²) in [6.07, 6.45) is 0.